The van der Waals surface area contributed by atoms with Crippen molar-refractivity contribution in [2.75, 3.05) is 31.1 Å². The van der Waals surface area contributed by atoms with Gasteiger partial charge in [-0.2, -0.15) is 4.98 Å². The lowest BCUT2D eigenvalue weighted by Crippen LogP contribution is -2.51. The number of aromatic nitrogens is 2. The normalized spacial score (nSPS) is 26.3. The molecule has 1 aromatic heterocycles. The fourth-order valence-corrected chi connectivity index (χ4v) is 3.55. The summed E-state index contributed by atoms with van der Waals surface area (Å²) in [5, 5.41) is 3.56. The summed E-state index contributed by atoms with van der Waals surface area (Å²) in [7, 11) is 0. The summed E-state index contributed by atoms with van der Waals surface area (Å²) >= 11 is 0. The molecule has 21 heavy (non-hydrogen) atoms. The first-order valence-corrected chi connectivity index (χ1v) is 8.12. The first kappa shape index (κ1) is 14.6. The van der Waals surface area contributed by atoms with Gasteiger partial charge in [0.15, 0.2) is 0 Å². The number of nitrogens with zero attached hydrogens (tertiary/aromatic N) is 3. The second-order valence-electron chi connectivity index (χ2n) is 6.67. The van der Waals surface area contributed by atoms with Gasteiger partial charge in [0.1, 0.15) is 0 Å². The highest BCUT2D eigenvalue weighted by molar-refractivity contribution is 5.33. The predicted octanol–water partition coefficient (Wildman–Crippen LogP) is 2.23. The molecule has 5 nitrogen and oxygen atoms in total. The molecule has 2 aliphatic rings. The first-order valence-electron chi connectivity index (χ1n) is 8.12. The molecule has 3 heterocycles. The Morgan fingerprint density at radius 2 is 2.19 bits per heavy atom. The van der Waals surface area contributed by atoms with Crippen molar-refractivity contribution >= 4 is 5.95 Å². The van der Waals surface area contributed by atoms with Crippen LogP contribution in [0, 0.1) is 5.41 Å². The average molecular weight is 290 g/mol. The third-order valence-corrected chi connectivity index (χ3v) is 4.48. The molecule has 1 atom stereocenters. The zero-order valence-corrected chi connectivity index (χ0v) is 13.1. The van der Waals surface area contributed by atoms with Crippen LogP contribution >= 0.6 is 0 Å². The molecule has 2 fully saturated rings. The summed E-state index contributed by atoms with van der Waals surface area (Å²) in [6.07, 6.45) is 7.09. The van der Waals surface area contributed by atoms with E-state index in [4.69, 9.17) is 4.74 Å². The summed E-state index contributed by atoms with van der Waals surface area (Å²) in [6.45, 7) is 8.44. The maximum Gasteiger partial charge on any atom is 0.228 e. The Balaban J connectivity index is 1.73. The Morgan fingerprint density at radius 1 is 1.33 bits per heavy atom. The second kappa shape index (κ2) is 6.18. The fraction of sp³-hybridized carbons (Fsp3) is 0.750. The Hall–Kier alpha value is -1.36. The van der Waals surface area contributed by atoms with Gasteiger partial charge in [-0.05, 0) is 46.1 Å². The molecule has 1 spiro atoms. The van der Waals surface area contributed by atoms with Crippen LogP contribution in [0.4, 0.5) is 5.95 Å². The van der Waals surface area contributed by atoms with Gasteiger partial charge in [-0.3, -0.25) is 0 Å². The molecule has 1 N–H and O–H groups in total. The van der Waals surface area contributed by atoms with Crippen LogP contribution in [0.25, 0.3) is 0 Å². The number of piperidine rings is 2. The third-order valence-electron chi connectivity index (χ3n) is 4.48. The summed E-state index contributed by atoms with van der Waals surface area (Å²) < 4.78 is 5.69. The van der Waals surface area contributed by atoms with Gasteiger partial charge in [-0.15, -0.1) is 0 Å². The average Bonchev–Trinajstić information content (AvgIpc) is 2.48. The monoisotopic (exact) mass is 290 g/mol. The van der Waals surface area contributed by atoms with Crippen LogP contribution in [0.3, 0.4) is 0 Å². The van der Waals surface area contributed by atoms with Crippen LogP contribution in [0.15, 0.2) is 12.3 Å². The lowest BCUT2D eigenvalue weighted by molar-refractivity contribution is 0.172. The van der Waals surface area contributed by atoms with Crippen molar-refractivity contribution in [3.05, 3.63) is 12.3 Å². The molecule has 0 bridgehead atoms. The van der Waals surface area contributed by atoms with E-state index in [2.05, 4.69) is 20.2 Å². The fourth-order valence-electron chi connectivity index (χ4n) is 3.55. The summed E-state index contributed by atoms with van der Waals surface area (Å²) in [5.74, 6) is 1.49. The van der Waals surface area contributed by atoms with Crippen molar-refractivity contribution in [2.24, 2.45) is 5.41 Å². The molecule has 0 aliphatic carbocycles. The molecule has 0 aromatic carbocycles. The molecule has 5 heteroatoms. The maximum atomic E-state index is 5.69. The molecule has 0 amide bonds. The first-order chi connectivity index (χ1) is 10.2. The van der Waals surface area contributed by atoms with Crippen molar-refractivity contribution in [3.8, 4) is 5.88 Å². The Morgan fingerprint density at radius 3 is 2.95 bits per heavy atom. The highest BCUT2D eigenvalue weighted by Gasteiger charge is 2.37. The van der Waals surface area contributed by atoms with Gasteiger partial charge in [0.2, 0.25) is 11.8 Å². The third kappa shape index (κ3) is 3.46. The van der Waals surface area contributed by atoms with E-state index < -0.39 is 0 Å². The number of nitrogens with one attached hydrogen (secondary N) is 1. The van der Waals surface area contributed by atoms with Gasteiger partial charge in [-0.25, -0.2) is 4.98 Å². The molecule has 2 aliphatic heterocycles. The van der Waals surface area contributed by atoms with E-state index in [1.54, 1.807) is 6.20 Å². The molecular weight excluding hydrogens is 264 g/mol. The van der Waals surface area contributed by atoms with Crippen molar-refractivity contribution in [3.63, 3.8) is 0 Å². The molecular formula is C16H26N4O. The molecule has 116 valence electrons. The van der Waals surface area contributed by atoms with E-state index in [9.17, 15) is 0 Å². The van der Waals surface area contributed by atoms with Gasteiger partial charge >= 0.3 is 0 Å². The molecule has 1 unspecified atom stereocenters. The molecule has 3 rings (SSSR count). The minimum absolute atomic E-state index is 0.142. The van der Waals surface area contributed by atoms with E-state index >= 15 is 0 Å². The smallest absolute Gasteiger partial charge is 0.228 e. The van der Waals surface area contributed by atoms with Crippen LogP contribution in [-0.4, -0.2) is 42.3 Å². The highest BCUT2D eigenvalue weighted by Crippen LogP contribution is 2.36. The molecule has 1 aromatic rings. The van der Waals surface area contributed by atoms with Gasteiger partial charge < -0.3 is 15.0 Å². The van der Waals surface area contributed by atoms with Crippen LogP contribution in [0.2, 0.25) is 0 Å². The standard InChI is InChI=1S/C16H26N4O/c1-13(2)21-14-5-9-18-15(19-14)20-10-4-7-16(12-20)6-3-8-17-11-16/h5,9,13,17H,3-4,6-8,10-12H2,1-2H3. The summed E-state index contributed by atoms with van der Waals surface area (Å²) in [6, 6.07) is 1.84. The van der Waals surface area contributed by atoms with Crippen molar-refractivity contribution in [2.45, 2.75) is 45.6 Å². The number of rotatable bonds is 3. The number of hydrogen-bond donors (Lipinski definition) is 1. The van der Waals surface area contributed by atoms with Gasteiger partial charge in [0, 0.05) is 37.3 Å². The van der Waals surface area contributed by atoms with Crippen LogP contribution in [-0.2, 0) is 0 Å². The molecule has 0 saturated carbocycles. The van der Waals surface area contributed by atoms with Crippen LogP contribution in [0.5, 0.6) is 5.88 Å². The van der Waals surface area contributed by atoms with Crippen molar-refractivity contribution in [1.29, 1.82) is 0 Å². The minimum Gasteiger partial charge on any atom is -0.475 e. The minimum atomic E-state index is 0.142. The van der Waals surface area contributed by atoms with E-state index in [0.29, 0.717) is 11.3 Å². The zero-order valence-electron chi connectivity index (χ0n) is 13.1. The summed E-state index contributed by atoms with van der Waals surface area (Å²) in [4.78, 5) is 11.4. The van der Waals surface area contributed by atoms with E-state index in [1.807, 2.05) is 19.9 Å². The van der Waals surface area contributed by atoms with Crippen molar-refractivity contribution < 1.29 is 4.74 Å². The lowest BCUT2D eigenvalue weighted by atomic mass is 9.74. The van der Waals surface area contributed by atoms with Gasteiger partial charge in [-0.1, -0.05) is 0 Å². The topological polar surface area (TPSA) is 50.3 Å². The number of hydrogen-bond acceptors (Lipinski definition) is 5. The van der Waals surface area contributed by atoms with Crippen LogP contribution < -0.4 is 15.0 Å². The van der Waals surface area contributed by atoms with Gasteiger partial charge in [0.05, 0.1) is 6.10 Å². The zero-order chi connectivity index (χ0) is 14.7. The predicted molar refractivity (Wildman–Crippen MR) is 83.8 cm³/mol. The molecule has 0 radical (unpaired) electrons. The molecule has 2 saturated heterocycles. The largest absolute Gasteiger partial charge is 0.475 e. The summed E-state index contributed by atoms with van der Waals surface area (Å²) in [5.41, 5.74) is 0.411. The maximum absolute atomic E-state index is 5.69. The van der Waals surface area contributed by atoms with Gasteiger partial charge in [0.25, 0.3) is 0 Å². The lowest BCUT2D eigenvalue weighted by Gasteiger charge is -2.45. The Bertz CT molecular complexity index is 466. The highest BCUT2D eigenvalue weighted by atomic mass is 16.5. The quantitative estimate of drug-likeness (QED) is 0.925. The Labute approximate surface area is 127 Å². The SMILES string of the molecule is CC(C)Oc1ccnc(N2CCCC3(CCCNC3)C2)n1. The Kier molecular flexibility index (Phi) is 4.29. The van der Waals surface area contributed by atoms with E-state index in [0.717, 1.165) is 32.1 Å². The number of anilines is 1. The van der Waals surface area contributed by atoms with E-state index in [-0.39, 0.29) is 6.10 Å². The van der Waals surface area contributed by atoms with Crippen molar-refractivity contribution in [1.82, 2.24) is 15.3 Å². The van der Waals surface area contributed by atoms with Crippen LogP contribution in [0.1, 0.15) is 39.5 Å². The number of ether oxygens (including phenoxy) is 1. The van der Waals surface area contributed by atoms with E-state index in [1.165, 1.54) is 25.7 Å². The second-order valence-corrected chi connectivity index (χ2v) is 6.67.